The molecule has 3 nitrogen and oxygen atoms in total. The van der Waals surface area contributed by atoms with Crippen molar-refractivity contribution < 1.29 is 14.3 Å². The average Bonchev–Trinajstić information content (AvgIpc) is 2.67. The fraction of sp³-hybridized carbons (Fsp3) is 0.417. The summed E-state index contributed by atoms with van der Waals surface area (Å²) in [4.78, 5) is 8.00. The first-order valence-electron chi connectivity index (χ1n) is 4.90. The van der Waals surface area contributed by atoms with Crippen molar-refractivity contribution in [2.45, 2.75) is 33.8 Å². The van der Waals surface area contributed by atoms with Gasteiger partial charge in [-0.3, -0.25) is 0 Å². The lowest BCUT2D eigenvalue weighted by molar-refractivity contribution is -0.0979. The Hall–Kier alpha value is -1.35. The Kier molecular flexibility index (Phi) is 11.5. The molecule has 1 aromatic rings. The molecule has 0 spiro atoms. The van der Waals surface area contributed by atoms with E-state index in [-0.39, 0.29) is 0 Å². The highest BCUT2D eigenvalue weighted by molar-refractivity contribution is 5.43. The molecule has 0 saturated carbocycles. The van der Waals surface area contributed by atoms with Gasteiger partial charge in [-0.2, -0.15) is 0 Å². The highest BCUT2D eigenvalue weighted by Gasteiger charge is 1.92. The van der Waals surface area contributed by atoms with Crippen LogP contribution < -0.4 is 0 Å². The Morgan fingerprint density at radius 2 is 1.93 bits per heavy atom. The second-order valence-electron chi connectivity index (χ2n) is 2.55. The van der Waals surface area contributed by atoms with Gasteiger partial charge in [0.25, 0.3) is 0 Å². The van der Waals surface area contributed by atoms with Crippen molar-refractivity contribution >= 4 is 12.9 Å². The third kappa shape index (κ3) is 8.97. The van der Waals surface area contributed by atoms with Crippen LogP contribution in [0.15, 0.2) is 22.6 Å². The molecule has 86 valence electrons. The highest BCUT2D eigenvalue weighted by Crippen LogP contribution is 2.07. The summed E-state index contributed by atoms with van der Waals surface area (Å²) in [5, 5.41) is 8.89. The lowest BCUT2D eigenvalue weighted by atomic mass is 10.3. The van der Waals surface area contributed by atoms with Gasteiger partial charge in [-0.15, -0.1) is 0 Å². The summed E-state index contributed by atoms with van der Waals surface area (Å²) in [6, 6.07) is 3.76. The van der Waals surface area contributed by atoms with Crippen molar-refractivity contribution in [3.05, 3.63) is 29.7 Å². The number of hydrogen-bond acceptors (Lipinski definition) is 3. The number of furan rings is 1. The van der Waals surface area contributed by atoms with E-state index in [1.54, 1.807) is 19.1 Å². The molecule has 0 aromatic carbocycles. The zero-order valence-electron chi connectivity index (χ0n) is 9.86. The van der Waals surface area contributed by atoms with Gasteiger partial charge in [0.05, 0.1) is 6.10 Å². The summed E-state index contributed by atoms with van der Waals surface area (Å²) in [6.45, 7) is 9.59. The molecular weight excluding hydrogens is 192 g/mol. The molecule has 1 N–H and O–H groups in total. The van der Waals surface area contributed by atoms with Gasteiger partial charge in [-0.25, -0.2) is 0 Å². The van der Waals surface area contributed by atoms with E-state index in [0.717, 1.165) is 11.5 Å². The van der Waals surface area contributed by atoms with Crippen LogP contribution in [0.1, 0.15) is 32.3 Å². The minimum atomic E-state index is -0.416. The van der Waals surface area contributed by atoms with E-state index in [1.807, 2.05) is 39.7 Å². The molecule has 3 heteroatoms. The molecule has 1 atom stereocenters. The molecule has 0 amide bonds. The van der Waals surface area contributed by atoms with Crippen molar-refractivity contribution in [2.24, 2.45) is 0 Å². The molecule has 15 heavy (non-hydrogen) atoms. The minimum absolute atomic E-state index is 0.416. The van der Waals surface area contributed by atoms with Crippen molar-refractivity contribution in [1.82, 2.24) is 0 Å². The standard InChI is InChI=1S/C9H12O2.C2H6.CH2O/c1-7(10)3-5-9-6-4-8(2)11-9;2*1-2/h3-7,10H,1-2H3;1-2H3;1H2/b5-3+;;. The van der Waals surface area contributed by atoms with Crippen LogP contribution in [0.3, 0.4) is 0 Å². The number of aliphatic hydroxyl groups is 1. The van der Waals surface area contributed by atoms with Crippen LogP contribution in [0.2, 0.25) is 0 Å². The fourth-order valence-corrected chi connectivity index (χ4v) is 0.777. The first-order valence-corrected chi connectivity index (χ1v) is 4.90. The Bertz CT molecular complexity index is 262. The van der Waals surface area contributed by atoms with E-state index >= 15 is 0 Å². The number of rotatable bonds is 2. The molecule has 0 aliphatic rings. The largest absolute Gasteiger partial charge is 0.462 e. The van der Waals surface area contributed by atoms with Crippen LogP contribution in [0, 0.1) is 6.92 Å². The lowest BCUT2D eigenvalue weighted by Gasteiger charge is -1.90. The maximum absolute atomic E-state index is 8.89. The van der Waals surface area contributed by atoms with Gasteiger partial charge in [0.1, 0.15) is 18.3 Å². The smallest absolute Gasteiger partial charge is 0.126 e. The van der Waals surface area contributed by atoms with Gasteiger partial charge in [0, 0.05) is 0 Å². The number of hydrogen-bond donors (Lipinski definition) is 1. The highest BCUT2D eigenvalue weighted by atomic mass is 16.3. The van der Waals surface area contributed by atoms with Crippen LogP contribution in [-0.2, 0) is 4.79 Å². The SMILES string of the molecule is C=O.CC.Cc1ccc(/C=C/C(C)O)o1. The van der Waals surface area contributed by atoms with E-state index in [9.17, 15) is 0 Å². The molecule has 0 bridgehead atoms. The first-order chi connectivity index (χ1) is 7.18. The maximum atomic E-state index is 8.89. The van der Waals surface area contributed by atoms with Crippen LogP contribution >= 0.6 is 0 Å². The van der Waals surface area contributed by atoms with Crippen molar-refractivity contribution in [3.8, 4) is 0 Å². The van der Waals surface area contributed by atoms with Crippen molar-refractivity contribution in [1.29, 1.82) is 0 Å². The molecule has 1 unspecified atom stereocenters. The number of carbonyl (C=O) groups excluding carboxylic acids is 1. The van der Waals surface area contributed by atoms with Crippen LogP contribution in [0.25, 0.3) is 6.08 Å². The normalized spacial score (nSPS) is 11.0. The number of aliphatic hydroxyl groups excluding tert-OH is 1. The summed E-state index contributed by atoms with van der Waals surface area (Å²) in [5.74, 6) is 1.67. The predicted molar refractivity (Wildman–Crippen MR) is 62.6 cm³/mol. The van der Waals surface area contributed by atoms with Gasteiger partial charge in [-0.05, 0) is 32.1 Å². The monoisotopic (exact) mass is 212 g/mol. The van der Waals surface area contributed by atoms with E-state index in [4.69, 9.17) is 14.3 Å². The zero-order valence-corrected chi connectivity index (χ0v) is 9.86. The quantitative estimate of drug-likeness (QED) is 0.820. The zero-order chi connectivity index (χ0) is 12.3. The summed E-state index contributed by atoms with van der Waals surface area (Å²) in [7, 11) is 0. The van der Waals surface area contributed by atoms with Crippen molar-refractivity contribution in [2.75, 3.05) is 0 Å². The lowest BCUT2D eigenvalue weighted by Crippen LogP contribution is -1.90. The summed E-state index contributed by atoms with van der Waals surface area (Å²) >= 11 is 0. The predicted octanol–water partition coefficient (Wildman–Crippen LogP) is 2.82. The third-order valence-corrected chi connectivity index (χ3v) is 1.30. The third-order valence-electron chi connectivity index (χ3n) is 1.30. The summed E-state index contributed by atoms with van der Waals surface area (Å²) < 4.78 is 5.24. The second-order valence-corrected chi connectivity index (χ2v) is 2.55. The maximum Gasteiger partial charge on any atom is 0.126 e. The Labute approximate surface area is 91.4 Å². The molecule has 1 rings (SSSR count). The Balaban J connectivity index is 0. The van der Waals surface area contributed by atoms with Crippen LogP contribution in [0.4, 0.5) is 0 Å². The van der Waals surface area contributed by atoms with E-state index in [1.165, 1.54) is 0 Å². The number of carbonyl (C=O) groups is 1. The van der Waals surface area contributed by atoms with Gasteiger partial charge in [0.15, 0.2) is 0 Å². The fourth-order valence-electron chi connectivity index (χ4n) is 0.777. The topological polar surface area (TPSA) is 50.4 Å². The van der Waals surface area contributed by atoms with Crippen LogP contribution in [-0.4, -0.2) is 18.0 Å². The molecule has 0 saturated heterocycles. The second kappa shape index (κ2) is 10.7. The molecule has 0 radical (unpaired) electrons. The van der Waals surface area contributed by atoms with Gasteiger partial charge < -0.3 is 14.3 Å². The molecular formula is C12H20O3. The van der Waals surface area contributed by atoms with Gasteiger partial charge in [0.2, 0.25) is 0 Å². The molecule has 0 aliphatic carbocycles. The van der Waals surface area contributed by atoms with Crippen LogP contribution in [0.5, 0.6) is 0 Å². The van der Waals surface area contributed by atoms with Gasteiger partial charge in [-0.1, -0.05) is 19.9 Å². The first kappa shape index (κ1) is 16.1. The summed E-state index contributed by atoms with van der Waals surface area (Å²) in [6.07, 6.45) is 3.02. The summed E-state index contributed by atoms with van der Waals surface area (Å²) in [5.41, 5.74) is 0. The molecule has 1 heterocycles. The Morgan fingerprint density at radius 3 is 2.27 bits per heavy atom. The molecule has 0 aliphatic heterocycles. The molecule has 0 fully saturated rings. The van der Waals surface area contributed by atoms with Gasteiger partial charge >= 0.3 is 0 Å². The van der Waals surface area contributed by atoms with E-state index in [0.29, 0.717) is 0 Å². The van der Waals surface area contributed by atoms with E-state index < -0.39 is 6.10 Å². The molecule has 1 aromatic heterocycles. The Morgan fingerprint density at radius 1 is 1.40 bits per heavy atom. The number of aryl methyl sites for hydroxylation is 1. The average molecular weight is 212 g/mol. The van der Waals surface area contributed by atoms with Crippen molar-refractivity contribution in [3.63, 3.8) is 0 Å². The minimum Gasteiger partial charge on any atom is -0.462 e. The van der Waals surface area contributed by atoms with E-state index in [2.05, 4.69) is 0 Å².